The summed E-state index contributed by atoms with van der Waals surface area (Å²) in [5.74, 6) is -1.02. The number of thioether (sulfide) groups is 1. The lowest BCUT2D eigenvalue weighted by Gasteiger charge is -2.08. The third-order valence-electron chi connectivity index (χ3n) is 3.57. The summed E-state index contributed by atoms with van der Waals surface area (Å²) >= 11 is 14.8. The molecule has 3 aromatic rings. The molecule has 0 spiro atoms. The van der Waals surface area contributed by atoms with Gasteiger partial charge in [-0.15, -0.1) is 23.1 Å². The molecule has 0 bridgehead atoms. The van der Waals surface area contributed by atoms with E-state index >= 15 is 0 Å². The maximum Gasteiger partial charge on any atom is 0.167 e. The average molecular weight is 419 g/mol. The number of hydrogen-bond acceptors (Lipinski definition) is 5. The van der Waals surface area contributed by atoms with Gasteiger partial charge in [0.25, 0.3) is 0 Å². The number of ketones is 1. The highest BCUT2D eigenvalue weighted by atomic mass is 35.5. The summed E-state index contributed by atoms with van der Waals surface area (Å²) in [6.07, 6.45) is 0. The van der Waals surface area contributed by atoms with Gasteiger partial charge in [0.05, 0.1) is 27.6 Å². The number of benzene rings is 2. The molecule has 3 nitrogen and oxygen atoms in total. The molecule has 1 heterocycles. The topological polar surface area (TPSA) is 53.8 Å². The minimum absolute atomic E-state index is 0.0991. The Hall–Kier alpha value is -1.84. The first-order valence-electron chi connectivity index (χ1n) is 7.60. The Morgan fingerprint density at radius 3 is 2.50 bits per heavy atom. The number of thiazole rings is 1. The van der Waals surface area contributed by atoms with Crippen LogP contribution in [-0.2, 0) is 4.79 Å². The molecule has 26 heavy (non-hydrogen) atoms. The fourth-order valence-corrected chi connectivity index (χ4v) is 4.76. The van der Waals surface area contributed by atoms with E-state index in [1.165, 1.54) is 23.1 Å². The number of hydrogen-bond donors (Lipinski definition) is 0. The standard InChI is InChI=1S/C19H12Cl2N2OS2/c20-14-7-4-8-15(21)18(14)25-11-17(24)13(9-22)19-23-16(10-26-19)12-5-2-1-3-6-12/h1-8,10,13H,11H2. The Balaban J connectivity index is 1.74. The molecule has 0 saturated carbocycles. The molecule has 3 rings (SSSR count). The van der Waals surface area contributed by atoms with Gasteiger partial charge in [0.2, 0.25) is 0 Å². The summed E-state index contributed by atoms with van der Waals surface area (Å²) < 4.78 is 0. The molecule has 1 atom stereocenters. The number of halogens is 2. The fourth-order valence-electron chi connectivity index (χ4n) is 2.27. The van der Waals surface area contributed by atoms with Crippen LogP contribution in [0.2, 0.25) is 10.0 Å². The third-order valence-corrected chi connectivity index (χ3v) is 6.49. The number of aromatic nitrogens is 1. The zero-order valence-corrected chi connectivity index (χ0v) is 16.5. The lowest BCUT2D eigenvalue weighted by Crippen LogP contribution is -2.13. The molecule has 7 heteroatoms. The monoisotopic (exact) mass is 418 g/mol. The van der Waals surface area contributed by atoms with Crippen molar-refractivity contribution in [2.75, 3.05) is 5.75 Å². The molecule has 0 N–H and O–H groups in total. The number of carbonyl (C=O) groups is 1. The zero-order chi connectivity index (χ0) is 18.5. The number of Topliss-reactive ketones (excluding diaryl/α,β-unsaturated/α-hetero) is 1. The molecule has 0 aliphatic carbocycles. The first-order chi connectivity index (χ1) is 12.6. The van der Waals surface area contributed by atoms with E-state index in [4.69, 9.17) is 23.2 Å². The van der Waals surface area contributed by atoms with E-state index in [-0.39, 0.29) is 11.5 Å². The Morgan fingerprint density at radius 1 is 1.15 bits per heavy atom. The van der Waals surface area contributed by atoms with Crippen molar-refractivity contribution in [3.8, 4) is 17.3 Å². The van der Waals surface area contributed by atoms with Crippen LogP contribution in [0.1, 0.15) is 10.9 Å². The third kappa shape index (κ3) is 4.28. The lowest BCUT2D eigenvalue weighted by molar-refractivity contribution is -0.116. The molecule has 0 saturated heterocycles. The highest BCUT2D eigenvalue weighted by Crippen LogP contribution is 2.35. The smallest absolute Gasteiger partial charge is 0.167 e. The van der Waals surface area contributed by atoms with Gasteiger partial charge in [-0.1, -0.05) is 59.6 Å². The number of nitrogens with zero attached hydrogens (tertiary/aromatic N) is 2. The van der Waals surface area contributed by atoms with E-state index in [1.807, 2.05) is 35.7 Å². The van der Waals surface area contributed by atoms with E-state index < -0.39 is 5.92 Å². The van der Waals surface area contributed by atoms with Gasteiger partial charge in [0.15, 0.2) is 11.7 Å². The Kier molecular flexibility index (Phi) is 6.33. The highest BCUT2D eigenvalue weighted by molar-refractivity contribution is 8.00. The first kappa shape index (κ1) is 18.9. The van der Waals surface area contributed by atoms with Crippen LogP contribution in [0.25, 0.3) is 11.3 Å². The lowest BCUT2D eigenvalue weighted by atomic mass is 10.1. The molecule has 0 fully saturated rings. The second kappa shape index (κ2) is 8.70. The van der Waals surface area contributed by atoms with Crippen molar-refractivity contribution in [2.24, 2.45) is 0 Å². The summed E-state index contributed by atoms with van der Waals surface area (Å²) in [6, 6.07) is 16.9. The maximum atomic E-state index is 12.6. The summed E-state index contributed by atoms with van der Waals surface area (Å²) in [6.45, 7) is 0. The molecule has 0 radical (unpaired) electrons. The van der Waals surface area contributed by atoms with Crippen LogP contribution in [0.5, 0.6) is 0 Å². The molecular formula is C19H12Cl2N2OS2. The van der Waals surface area contributed by atoms with Crippen LogP contribution in [0, 0.1) is 11.3 Å². The second-order valence-electron chi connectivity index (χ2n) is 5.30. The van der Waals surface area contributed by atoms with Crippen molar-refractivity contribution in [2.45, 2.75) is 10.8 Å². The van der Waals surface area contributed by atoms with Crippen molar-refractivity contribution in [1.82, 2.24) is 4.98 Å². The summed E-state index contributed by atoms with van der Waals surface area (Å²) in [7, 11) is 0. The van der Waals surface area contributed by atoms with Crippen LogP contribution in [-0.4, -0.2) is 16.5 Å². The average Bonchev–Trinajstić information content (AvgIpc) is 3.12. The summed E-state index contributed by atoms with van der Waals surface area (Å²) in [5.41, 5.74) is 1.72. The van der Waals surface area contributed by atoms with Crippen molar-refractivity contribution < 1.29 is 4.79 Å². The molecule has 1 aromatic heterocycles. The molecule has 0 aliphatic heterocycles. The van der Waals surface area contributed by atoms with Crippen LogP contribution >= 0.6 is 46.3 Å². The predicted octanol–water partition coefficient (Wildman–Crippen LogP) is 6.09. The zero-order valence-electron chi connectivity index (χ0n) is 13.4. The van der Waals surface area contributed by atoms with Crippen LogP contribution < -0.4 is 0 Å². The summed E-state index contributed by atoms with van der Waals surface area (Å²) in [4.78, 5) is 17.7. The van der Waals surface area contributed by atoms with E-state index in [0.717, 1.165) is 11.3 Å². The SMILES string of the molecule is N#CC(C(=O)CSc1c(Cl)cccc1Cl)c1nc(-c2ccccc2)cs1. The van der Waals surface area contributed by atoms with Gasteiger partial charge in [-0.05, 0) is 12.1 Å². The van der Waals surface area contributed by atoms with E-state index in [9.17, 15) is 10.1 Å². The minimum Gasteiger partial charge on any atom is -0.297 e. The predicted molar refractivity (Wildman–Crippen MR) is 108 cm³/mol. The molecule has 1 unspecified atom stereocenters. The van der Waals surface area contributed by atoms with Gasteiger partial charge < -0.3 is 0 Å². The van der Waals surface area contributed by atoms with Crippen LogP contribution in [0.4, 0.5) is 0 Å². The molecule has 2 aromatic carbocycles. The number of carbonyl (C=O) groups excluding carboxylic acids is 1. The van der Waals surface area contributed by atoms with Crippen molar-refractivity contribution in [3.63, 3.8) is 0 Å². The number of rotatable bonds is 6. The Morgan fingerprint density at radius 2 is 1.85 bits per heavy atom. The Bertz CT molecular complexity index is 947. The van der Waals surface area contributed by atoms with Crippen molar-refractivity contribution in [3.05, 3.63) is 69.0 Å². The van der Waals surface area contributed by atoms with E-state index in [1.54, 1.807) is 18.2 Å². The second-order valence-corrected chi connectivity index (χ2v) is 7.99. The van der Waals surface area contributed by atoms with Gasteiger partial charge in [0, 0.05) is 15.8 Å². The van der Waals surface area contributed by atoms with Gasteiger partial charge in [-0.25, -0.2) is 4.98 Å². The van der Waals surface area contributed by atoms with E-state index in [2.05, 4.69) is 11.1 Å². The van der Waals surface area contributed by atoms with Crippen molar-refractivity contribution in [1.29, 1.82) is 5.26 Å². The first-order valence-corrected chi connectivity index (χ1v) is 10.2. The molecule has 0 amide bonds. The normalized spacial score (nSPS) is 11.7. The molecular weight excluding hydrogens is 407 g/mol. The van der Waals surface area contributed by atoms with Gasteiger partial charge >= 0.3 is 0 Å². The minimum atomic E-state index is -0.897. The number of nitriles is 1. The maximum absolute atomic E-state index is 12.6. The van der Waals surface area contributed by atoms with E-state index in [0.29, 0.717) is 19.9 Å². The van der Waals surface area contributed by atoms with Crippen LogP contribution in [0.15, 0.2) is 58.8 Å². The van der Waals surface area contributed by atoms with Crippen LogP contribution in [0.3, 0.4) is 0 Å². The van der Waals surface area contributed by atoms with Gasteiger partial charge in [-0.2, -0.15) is 5.26 Å². The van der Waals surface area contributed by atoms with Crippen molar-refractivity contribution >= 4 is 52.1 Å². The Labute approximate surface area is 169 Å². The molecule has 0 aliphatic rings. The van der Waals surface area contributed by atoms with Gasteiger partial charge in [0.1, 0.15) is 5.01 Å². The molecule has 130 valence electrons. The largest absolute Gasteiger partial charge is 0.297 e. The van der Waals surface area contributed by atoms with Gasteiger partial charge in [-0.3, -0.25) is 4.79 Å². The fraction of sp³-hybridized carbons (Fsp3) is 0.105. The summed E-state index contributed by atoms with van der Waals surface area (Å²) in [5, 5.41) is 12.8. The highest BCUT2D eigenvalue weighted by Gasteiger charge is 2.24. The quantitative estimate of drug-likeness (QED) is 0.454.